The van der Waals surface area contributed by atoms with E-state index in [0.717, 1.165) is 51.7 Å². The molecule has 6 rings (SSSR count). The van der Waals surface area contributed by atoms with Crippen molar-refractivity contribution >= 4 is 22.8 Å². The summed E-state index contributed by atoms with van der Waals surface area (Å²) < 4.78 is 0. The first-order valence-corrected chi connectivity index (χ1v) is 12.6. The lowest BCUT2D eigenvalue weighted by molar-refractivity contribution is -0.128. The van der Waals surface area contributed by atoms with Crippen molar-refractivity contribution in [1.82, 2.24) is 14.8 Å². The molecule has 0 aliphatic carbocycles. The van der Waals surface area contributed by atoms with Crippen LogP contribution in [-0.4, -0.2) is 44.4 Å². The quantitative estimate of drug-likeness (QED) is 0.349. The summed E-state index contributed by atoms with van der Waals surface area (Å²) in [5.74, 6) is 0.00282. The van der Waals surface area contributed by atoms with Crippen LogP contribution in [0.2, 0.25) is 0 Å². The molecule has 3 heterocycles. The van der Waals surface area contributed by atoms with Gasteiger partial charge in [-0.15, -0.1) is 0 Å². The number of amides is 3. The highest BCUT2D eigenvalue weighted by Gasteiger charge is 2.52. The SMILES string of the molecule is CCCCN1C(=O)C2Cc3c([nH]c4ccc(-c5ccc(C)cc5)cc34)C(c3cccc(O)c3)N2C1=O. The average Bonchev–Trinajstić information content (AvgIpc) is 3.36. The summed E-state index contributed by atoms with van der Waals surface area (Å²) in [5.41, 5.74) is 7.19. The molecule has 0 radical (unpaired) electrons. The number of hydrogen-bond acceptors (Lipinski definition) is 3. The molecule has 2 unspecified atom stereocenters. The van der Waals surface area contributed by atoms with Crippen LogP contribution in [0.15, 0.2) is 66.7 Å². The van der Waals surface area contributed by atoms with Crippen LogP contribution >= 0.6 is 0 Å². The first kappa shape index (κ1) is 22.4. The summed E-state index contributed by atoms with van der Waals surface area (Å²) in [7, 11) is 0. The van der Waals surface area contributed by atoms with Crippen LogP contribution < -0.4 is 0 Å². The van der Waals surface area contributed by atoms with Crippen molar-refractivity contribution in [1.29, 1.82) is 0 Å². The number of H-pyrrole nitrogens is 1. The number of fused-ring (bicyclic) bond motifs is 4. The summed E-state index contributed by atoms with van der Waals surface area (Å²) in [5, 5.41) is 11.3. The third-order valence-corrected chi connectivity index (χ3v) is 7.53. The predicted octanol–water partition coefficient (Wildman–Crippen LogP) is 5.93. The van der Waals surface area contributed by atoms with E-state index in [9.17, 15) is 14.7 Å². The van der Waals surface area contributed by atoms with Gasteiger partial charge in [0.15, 0.2) is 0 Å². The van der Waals surface area contributed by atoms with Gasteiger partial charge >= 0.3 is 6.03 Å². The summed E-state index contributed by atoms with van der Waals surface area (Å²) >= 11 is 0. The van der Waals surface area contributed by atoms with Crippen LogP contribution in [0.1, 0.15) is 48.2 Å². The molecular weight excluding hydrogens is 450 g/mol. The number of rotatable bonds is 5. The normalized spacial score (nSPS) is 19.2. The van der Waals surface area contributed by atoms with Crippen LogP contribution in [0.25, 0.3) is 22.0 Å². The van der Waals surface area contributed by atoms with E-state index < -0.39 is 12.1 Å². The number of hydrogen-bond donors (Lipinski definition) is 2. The molecule has 2 aliphatic heterocycles. The first-order chi connectivity index (χ1) is 17.5. The molecule has 1 fully saturated rings. The van der Waals surface area contributed by atoms with Gasteiger partial charge in [0.2, 0.25) is 0 Å². The van der Waals surface area contributed by atoms with E-state index in [1.54, 1.807) is 23.1 Å². The lowest BCUT2D eigenvalue weighted by Crippen LogP contribution is -2.44. The molecule has 1 saturated heterocycles. The van der Waals surface area contributed by atoms with E-state index >= 15 is 0 Å². The number of phenolic OH excluding ortho intramolecular Hbond substituents is 1. The number of carbonyl (C=O) groups is 2. The molecule has 6 nitrogen and oxygen atoms in total. The van der Waals surface area contributed by atoms with Crippen molar-refractivity contribution in [3.8, 4) is 16.9 Å². The fraction of sp³-hybridized carbons (Fsp3) is 0.267. The molecule has 6 heteroatoms. The number of imide groups is 1. The number of aromatic hydroxyl groups is 1. The number of nitrogens with one attached hydrogen (secondary N) is 1. The highest BCUT2D eigenvalue weighted by atomic mass is 16.3. The molecule has 182 valence electrons. The molecule has 2 atom stereocenters. The van der Waals surface area contributed by atoms with Crippen molar-refractivity contribution in [2.45, 2.75) is 45.2 Å². The Labute approximate surface area is 210 Å². The molecule has 36 heavy (non-hydrogen) atoms. The van der Waals surface area contributed by atoms with Crippen LogP contribution in [0.4, 0.5) is 4.79 Å². The molecule has 2 aliphatic rings. The number of aryl methyl sites for hydroxylation is 1. The number of phenols is 1. The van der Waals surface area contributed by atoms with Gasteiger partial charge in [0.05, 0.1) is 0 Å². The van der Waals surface area contributed by atoms with Crippen LogP contribution in [0.3, 0.4) is 0 Å². The van der Waals surface area contributed by atoms with E-state index in [-0.39, 0.29) is 17.7 Å². The number of nitrogens with zero attached hydrogens (tertiary/aromatic N) is 2. The first-order valence-electron chi connectivity index (χ1n) is 12.6. The summed E-state index contributed by atoms with van der Waals surface area (Å²) in [6, 6.07) is 20.5. The standard InChI is InChI=1S/C30H29N3O3/c1-3-4-14-32-29(35)26-17-24-23-16-20(19-10-8-18(2)9-11-19)12-13-25(23)31-27(24)28(33(26)30(32)36)21-6-5-7-22(34)15-21/h5-13,15-16,26,28,31,34H,3-4,14,17H2,1-2H3. The molecule has 1 aromatic heterocycles. The Morgan fingerprint density at radius 2 is 1.78 bits per heavy atom. The topological polar surface area (TPSA) is 76.6 Å². The highest BCUT2D eigenvalue weighted by molar-refractivity contribution is 6.06. The second-order valence-electron chi connectivity index (χ2n) is 9.89. The van der Waals surface area contributed by atoms with Crippen molar-refractivity contribution in [2.75, 3.05) is 6.54 Å². The third-order valence-electron chi connectivity index (χ3n) is 7.53. The second kappa shape index (κ2) is 8.55. The van der Waals surface area contributed by atoms with Gasteiger partial charge in [-0.1, -0.05) is 61.4 Å². The van der Waals surface area contributed by atoms with Gasteiger partial charge < -0.3 is 10.1 Å². The van der Waals surface area contributed by atoms with Gasteiger partial charge in [0, 0.05) is 29.6 Å². The molecule has 0 spiro atoms. The molecule has 3 amide bonds. The minimum Gasteiger partial charge on any atom is -0.508 e. The van der Waals surface area contributed by atoms with Crippen LogP contribution in [-0.2, 0) is 11.2 Å². The molecule has 0 saturated carbocycles. The number of carbonyl (C=O) groups excluding carboxylic acids is 2. The second-order valence-corrected chi connectivity index (χ2v) is 9.89. The van der Waals surface area contributed by atoms with E-state index in [4.69, 9.17) is 0 Å². The zero-order valence-corrected chi connectivity index (χ0v) is 20.5. The minimum atomic E-state index is -0.559. The monoisotopic (exact) mass is 479 g/mol. The maximum absolute atomic E-state index is 13.6. The number of benzene rings is 3. The maximum atomic E-state index is 13.6. The molecule has 3 aromatic carbocycles. The zero-order valence-electron chi connectivity index (χ0n) is 20.5. The van der Waals surface area contributed by atoms with E-state index in [2.05, 4.69) is 61.3 Å². The van der Waals surface area contributed by atoms with Crippen molar-refractivity contribution < 1.29 is 14.7 Å². The lowest BCUT2D eigenvalue weighted by atomic mass is 9.88. The predicted molar refractivity (Wildman–Crippen MR) is 140 cm³/mol. The Morgan fingerprint density at radius 3 is 2.53 bits per heavy atom. The average molecular weight is 480 g/mol. The maximum Gasteiger partial charge on any atom is 0.328 e. The minimum absolute atomic E-state index is 0.131. The summed E-state index contributed by atoms with van der Waals surface area (Å²) in [6.07, 6.45) is 2.15. The van der Waals surface area contributed by atoms with Crippen molar-refractivity contribution in [3.63, 3.8) is 0 Å². The Kier molecular flexibility index (Phi) is 5.32. The highest BCUT2D eigenvalue weighted by Crippen LogP contribution is 2.45. The van der Waals surface area contributed by atoms with E-state index in [0.29, 0.717) is 13.0 Å². The fourth-order valence-corrected chi connectivity index (χ4v) is 5.67. The third kappa shape index (κ3) is 3.48. The molecule has 4 aromatic rings. The summed E-state index contributed by atoms with van der Waals surface area (Å²) in [6.45, 7) is 4.56. The summed E-state index contributed by atoms with van der Waals surface area (Å²) in [4.78, 5) is 33.8. The molecule has 0 bridgehead atoms. The van der Waals surface area contributed by atoms with Crippen molar-refractivity contribution in [2.24, 2.45) is 0 Å². The number of urea groups is 1. The zero-order chi connectivity index (χ0) is 25.0. The van der Waals surface area contributed by atoms with Gasteiger partial charge in [-0.2, -0.15) is 0 Å². The van der Waals surface area contributed by atoms with Gasteiger partial charge in [0.25, 0.3) is 5.91 Å². The Hall–Kier alpha value is -4.06. The fourth-order valence-electron chi connectivity index (χ4n) is 5.67. The van der Waals surface area contributed by atoms with Gasteiger partial charge in [-0.05, 0) is 59.9 Å². The Balaban J connectivity index is 1.51. The molecular formula is C30H29N3O3. The number of aromatic amines is 1. The van der Waals surface area contributed by atoms with Crippen molar-refractivity contribution in [3.05, 3.63) is 89.1 Å². The van der Waals surface area contributed by atoms with Gasteiger partial charge in [-0.3, -0.25) is 14.6 Å². The largest absolute Gasteiger partial charge is 0.508 e. The van der Waals surface area contributed by atoms with E-state index in [1.807, 2.05) is 6.07 Å². The molecule has 2 N–H and O–H groups in total. The van der Waals surface area contributed by atoms with Crippen LogP contribution in [0, 0.1) is 6.92 Å². The Bertz CT molecular complexity index is 1490. The number of aromatic nitrogens is 1. The van der Waals surface area contributed by atoms with E-state index in [1.165, 1.54) is 10.5 Å². The van der Waals surface area contributed by atoms with Crippen LogP contribution in [0.5, 0.6) is 5.75 Å². The lowest BCUT2D eigenvalue weighted by Gasteiger charge is -2.36. The smallest absolute Gasteiger partial charge is 0.328 e. The van der Waals surface area contributed by atoms with Gasteiger partial charge in [-0.25, -0.2) is 4.79 Å². The number of unbranched alkanes of at least 4 members (excludes halogenated alkanes) is 1. The Morgan fingerprint density at radius 1 is 1.00 bits per heavy atom. The van der Waals surface area contributed by atoms with Gasteiger partial charge in [0.1, 0.15) is 17.8 Å².